The molecule has 2 N–H and O–H groups in total. The molecule has 0 unspecified atom stereocenters. The maximum atomic E-state index is 9.10. The zero-order valence-corrected chi connectivity index (χ0v) is 20.6. The van der Waals surface area contributed by atoms with Crippen LogP contribution in [0.25, 0.3) is 11.4 Å². The normalized spacial score (nSPS) is 10.0. The smallest absolute Gasteiger partial charge is 0.136 e. The minimum Gasteiger partial charge on any atom is -0.371 e. The largest absolute Gasteiger partial charge is 0.371 e. The van der Waals surface area contributed by atoms with Gasteiger partial charge in [-0.25, -0.2) is 0 Å². The summed E-state index contributed by atoms with van der Waals surface area (Å²) in [6.07, 6.45) is 1.79. The fraction of sp³-hybridized carbons (Fsp3) is 0.154. The summed E-state index contributed by atoms with van der Waals surface area (Å²) < 4.78 is 2.14. The predicted molar refractivity (Wildman–Crippen MR) is 135 cm³/mol. The first kappa shape index (κ1) is 23.6. The maximum Gasteiger partial charge on any atom is 0.136 e. The van der Waals surface area contributed by atoms with Crippen LogP contribution < -0.4 is 21.1 Å². The van der Waals surface area contributed by atoms with E-state index < -0.39 is 0 Å². The Bertz CT molecular complexity index is 1160. The maximum absolute atomic E-state index is 9.10. The molecule has 0 atom stereocenters. The Labute approximate surface area is 205 Å². The van der Waals surface area contributed by atoms with Gasteiger partial charge < -0.3 is 10.6 Å². The standard InChI is InChI=1S/C26H22Br2N4/c27-24-9-1-19(2-10-24)13-15-31-26(32-16-14-20-3-11-25(28)12-4-20)22-7-5-21(6-8-22)23(17-29)18-30/h1-12,31-32H,13-16H2. The zero-order chi connectivity index (χ0) is 22.8. The lowest BCUT2D eigenvalue weighted by Crippen LogP contribution is -2.34. The van der Waals surface area contributed by atoms with E-state index in [1.807, 2.05) is 60.7 Å². The molecule has 0 saturated carbocycles. The number of nitrogens with one attached hydrogen (secondary N) is 2. The van der Waals surface area contributed by atoms with Gasteiger partial charge in [-0.1, -0.05) is 80.4 Å². The van der Waals surface area contributed by atoms with Crippen LogP contribution in [0.2, 0.25) is 0 Å². The number of nitrogens with zero attached hydrogens (tertiary/aromatic N) is 2. The molecule has 3 aromatic rings. The number of benzene rings is 3. The van der Waals surface area contributed by atoms with Crippen molar-refractivity contribution < 1.29 is 0 Å². The van der Waals surface area contributed by atoms with Gasteiger partial charge in [0.1, 0.15) is 23.5 Å². The van der Waals surface area contributed by atoms with Gasteiger partial charge in [-0.3, -0.25) is 0 Å². The number of nitriles is 2. The molecule has 160 valence electrons. The van der Waals surface area contributed by atoms with Gasteiger partial charge in [0.2, 0.25) is 0 Å². The lowest BCUT2D eigenvalue weighted by Gasteiger charge is -2.14. The van der Waals surface area contributed by atoms with E-state index in [0.29, 0.717) is 5.22 Å². The van der Waals surface area contributed by atoms with Crippen molar-refractivity contribution in [3.63, 3.8) is 0 Å². The number of rotatable bonds is 8. The van der Waals surface area contributed by atoms with Gasteiger partial charge in [-0.2, -0.15) is 10.5 Å². The second-order valence-electron chi connectivity index (χ2n) is 7.16. The minimum absolute atomic E-state index is 0.115. The van der Waals surface area contributed by atoms with E-state index in [4.69, 9.17) is 10.5 Å². The monoisotopic (exact) mass is 548 g/mol. The Morgan fingerprint density at radius 3 is 1.44 bits per heavy atom. The van der Waals surface area contributed by atoms with Crippen LogP contribution in [-0.4, -0.2) is 13.1 Å². The fourth-order valence-corrected chi connectivity index (χ4v) is 3.72. The molecule has 4 nitrogen and oxygen atoms in total. The van der Waals surface area contributed by atoms with E-state index in [0.717, 1.165) is 45.9 Å². The quantitative estimate of drug-likeness (QED) is 0.443. The van der Waals surface area contributed by atoms with Crippen molar-refractivity contribution in [1.29, 1.82) is 10.5 Å². The van der Waals surface area contributed by atoms with Gasteiger partial charge in [0.25, 0.3) is 0 Å². The molecule has 0 aromatic heterocycles. The third kappa shape index (κ3) is 6.99. The summed E-state index contributed by atoms with van der Waals surface area (Å²) in [6, 6.07) is 28.0. The molecule has 3 aromatic carbocycles. The second-order valence-corrected chi connectivity index (χ2v) is 8.99. The van der Waals surface area contributed by atoms with Crippen LogP contribution in [0.3, 0.4) is 0 Å². The molecule has 0 bridgehead atoms. The Balaban J connectivity index is 1.76. The Hall–Kier alpha value is -3.06. The van der Waals surface area contributed by atoms with Gasteiger partial charge >= 0.3 is 0 Å². The molecule has 0 amide bonds. The molecule has 0 radical (unpaired) electrons. The number of halogens is 2. The van der Waals surface area contributed by atoms with E-state index in [1.165, 1.54) is 11.1 Å². The molecule has 0 spiro atoms. The molecule has 0 fully saturated rings. The van der Waals surface area contributed by atoms with E-state index in [1.54, 1.807) is 0 Å². The van der Waals surface area contributed by atoms with Crippen LogP contribution in [0.5, 0.6) is 0 Å². The van der Waals surface area contributed by atoms with Gasteiger partial charge in [0, 0.05) is 32.5 Å². The van der Waals surface area contributed by atoms with Crippen LogP contribution in [-0.2, 0) is 12.8 Å². The summed E-state index contributed by atoms with van der Waals surface area (Å²) in [4.78, 5) is 0. The highest BCUT2D eigenvalue weighted by molar-refractivity contribution is 9.10. The van der Waals surface area contributed by atoms with Crippen LogP contribution >= 0.6 is 31.9 Å². The molecule has 0 saturated heterocycles. The SMILES string of the molecule is N#CC(C#N)=c1ccc(=C(NCCc2ccc(Br)cc2)NCCc2ccc(Br)cc2)cc1. The molecular formula is C26H22Br2N4. The highest BCUT2D eigenvalue weighted by atomic mass is 79.9. The predicted octanol–water partition coefficient (Wildman–Crippen LogP) is 4.14. The molecule has 0 heterocycles. The van der Waals surface area contributed by atoms with Crippen molar-refractivity contribution in [2.45, 2.75) is 12.8 Å². The molecule has 0 aliphatic rings. The third-order valence-corrected chi connectivity index (χ3v) is 6.00. The Morgan fingerprint density at radius 2 is 1.03 bits per heavy atom. The average molecular weight is 550 g/mol. The number of hydrogen-bond donors (Lipinski definition) is 2. The summed E-state index contributed by atoms with van der Waals surface area (Å²) in [5.74, 6) is 0.932. The highest BCUT2D eigenvalue weighted by Crippen LogP contribution is 2.11. The van der Waals surface area contributed by atoms with E-state index in [2.05, 4.69) is 66.8 Å². The molecule has 6 heteroatoms. The first-order valence-corrected chi connectivity index (χ1v) is 11.8. The second kappa shape index (κ2) is 12.1. The minimum atomic E-state index is 0.115. The zero-order valence-electron chi connectivity index (χ0n) is 17.4. The van der Waals surface area contributed by atoms with Gasteiger partial charge in [0.05, 0.1) is 0 Å². The topological polar surface area (TPSA) is 71.6 Å². The molecule has 0 aliphatic heterocycles. The average Bonchev–Trinajstić information content (AvgIpc) is 2.82. The van der Waals surface area contributed by atoms with Crippen molar-refractivity contribution >= 4 is 43.3 Å². The summed E-state index contributed by atoms with van der Waals surface area (Å²) >= 11 is 6.94. The number of hydrogen-bond acceptors (Lipinski definition) is 4. The lowest BCUT2D eigenvalue weighted by molar-refractivity contribution is 0.748. The van der Waals surface area contributed by atoms with Gasteiger partial charge in [-0.15, -0.1) is 0 Å². The fourth-order valence-electron chi connectivity index (χ4n) is 3.19. The van der Waals surface area contributed by atoms with Crippen LogP contribution in [0.1, 0.15) is 11.1 Å². The molecular weight excluding hydrogens is 528 g/mol. The summed E-state index contributed by atoms with van der Waals surface area (Å²) in [5, 5.41) is 26.8. The summed E-state index contributed by atoms with van der Waals surface area (Å²) in [5.41, 5.74) is 2.63. The summed E-state index contributed by atoms with van der Waals surface area (Å²) in [7, 11) is 0. The van der Waals surface area contributed by atoms with Crippen molar-refractivity contribution in [3.05, 3.63) is 103 Å². The van der Waals surface area contributed by atoms with Gasteiger partial charge in [0.15, 0.2) is 0 Å². The van der Waals surface area contributed by atoms with Crippen molar-refractivity contribution in [2.24, 2.45) is 0 Å². The molecule has 0 aliphatic carbocycles. The van der Waals surface area contributed by atoms with E-state index >= 15 is 0 Å². The Kier molecular flexibility index (Phi) is 8.92. The first-order chi connectivity index (χ1) is 15.6. The van der Waals surface area contributed by atoms with E-state index in [9.17, 15) is 0 Å². The summed E-state index contributed by atoms with van der Waals surface area (Å²) in [6.45, 7) is 1.55. The Morgan fingerprint density at radius 1 is 0.625 bits per heavy atom. The van der Waals surface area contributed by atoms with Crippen molar-refractivity contribution in [2.75, 3.05) is 13.1 Å². The van der Waals surface area contributed by atoms with Crippen molar-refractivity contribution in [3.8, 4) is 12.1 Å². The van der Waals surface area contributed by atoms with Crippen LogP contribution in [0.4, 0.5) is 0 Å². The van der Waals surface area contributed by atoms with Crippen LogP contribution in [0, 0.1) is 22.7 Å². The lowest BCUT2D eigenvalue weighted by atomic mass is 10.1. The molecule has 32 heavy (non-hydrogen) atoms. The highest BCUT2D eigenvalue weighted by Gasteiger charge is 2.01. The third-order valence-electron chi connectivity index (χ3n) is 4.94. The van der Waals surface area contributed by atoms with Crippen molar-refractivity contribution in [1.82, 2.24) is 10.6 Å². The first-order valence-electron chi connectivity index (χ1n) is 10.2. The molecule has 3 rings (SSSR count). The van der Waals surface area contributed by atoms with Gasteiger partial charge in [-0.05, 0) is 48.2 Å². The van der Waals surface area contributed by atoms with Crippen LogP contribution in [0.15, 0.2) is 81.7 Å². The van der Waals surface area contributed by atoms with E-state index in [-0.39, 0.29) is 5.57 Å².